The standard InChI is InChI=1S/C24H19N/c1-24(2)20-9-5-4-8-18(20)19-15-17(11-13-21(19)24)23-14-12-16-7-3-6-10-22(16)25-23/h3-15H,1-2H3. The molecule has 0 spiro atoms. The molecule has 4 aromatic rings. The van der Waals surface area contributed by atoms with Crippen LogP contribution >= 0.6 is 0 Å². The molecule has 0 radical (unpaired) electrons. The third-order valence-electron chi connectivity index (χ3n) is 5.48. The molecule has 25 heavy (non-hydrogen) atoms. The molecule has 0 fully saturated rings. The van der Waals surface area contributed by atoms with Gasteiger partial charge in [0.25, 0.3) is 0 Å². The Morgan fingerprint density at radius 2 is 1.44 bits per heavy atom. The first-order chi connectivity index (χ1) is 12.1. The lowest BCUT2D eigenvalue weighted by atomic mass is 9.82. The van der Waals surface area contributed by atoms with Crippen LogP contribution in [0.4, 0.5) is 0 Å². The average Bonchev–Trinajstić information content (AvgIpc) is 2.89. The van der Waals surface area contributed by atoms with Gasteiger partial charge in [-0.25, -0.2) is 4.98 Å². The summed E-state index contributed by atoms with van der Waals surface area (Å²) in [5.41, 5.74) is 8.81. The lowest BCUT2D eigenvalue weighted by Gasteiger charge is -2.21. The highest BCUT2D eigenvalue weighted by Crippen LogP contribution is 2.49. The Balaban J connectivity index is 1.71. The maximum atomic E-state index is 4.86. The minimum Gasteiger partial charge on any atom is -0.248 e. The summed E-state index contributed by atoms with van der Waals surface area (Å²) in [6.45, 7) is 4.62. The van der Waals surface area contributed by atoms with Crippen LogP contribution in [0, 0.1) is 0 Å². The Bertz CT molecular complexity index is 1120. The van der Waals surface area contributed by atoms with Crippen LogP contribution in [-0.2, 0) is 5.41 Å². The van der Waals surface area contributed by atoms with Crippen LogP contribution in [0.5, 0.6) is 0 Å². The molecule has 1 nitrogen and oxygen atoms in total. The minimum atomic E-state index is 0.0568. The Labute approximate surface area is 148 Å². The first kappa shape index (κ1) is 14.4. The Hall–Kier alpha value is -2.93. The van der Waals surface area contributed by atoms with Crippen LogP contribution < -0.4 is 0 Å². The van der Waals surface area contributed by atoms with Crippen molar-refractivity contribution in [3.63, 3.8) is 0 Å². The van der Waals surface area contributed by atoms with Crippen LogP contribution in [0.1, 0.15) is 25.0 Å². The average molecular weight is 321 g/mol. The highest BCUT2D eigenvalue weighted by molar-refractivity contribution is 5.86. The van der Waals surface area contributed by atoms with Gasteiger partial charge in [-0.05, 0) is 40.5 Å². The van der Waals surface area contributed by atoms with Crippen LogP contribution in [-0.4, -0.2) is 4.98 Å². The second-order valence-corrected chi connectivity index (χ2v) is 7.32. The molecule has 3 aromatic carbocycles. The van der Waals surface area contributed by atoms with E-state index in [0.717, 1.165) is 11.2 Å². The van der Waals surface area contributed by atoms with Crippen molar-refractivity contribution in [3.8, 4) is 22.4 Å². The van der Waals surface area contributed by atoms with Crippen LogP contribution in [0.15, 0.2) is 78.9 Å². The highest BCUT2D eigenvalue weighted by atomic mass is 14.7. The predicted molar refractivity (Wildman–Crippen MR) is 105 cm³/mol. The van der Waals surface area contributed by atoms with Crippen molar-refractivity contribution in [2.45, 2.75) is 19.3 Å². The summed E-state index contributed by atoms with van der Waals surface area (Å²) >= 11 is 0. The molecule has 0 aliphatic heterocycles. The predicted octanol–water partition coefficient (Wildman–Crippen LogP) is 6.21. The van der Waals surface area contributed by atoms with Crippen molar-refractivity contribution in [3.05, 3.63) is 90.0 Å². The van der Waals surface area contributed by atoms with E-state index in [2.05, 4.69) is 86.6 Å². The number of nitrogens with zero attached hydrogens (tertiary/aromatic N) is 1. The van der Waals surface area contributed by atoms with Gasteiger partial charge in [0.1, 0.15) is 0 Å². The molecule has 1 heterocycles. The third-order valence-corrected chi connectivity index (χ3v) is 5.48. The van der Waals surface area contributed by atoms with Crippen LogP contribution in [0.3, 0.4) is 0 Å². The molecule has 120 valence electrons. The van der Waals surface area contributed by atoms with E-state index in [1.54, 1.807) is 0 Å². The molecular formula is C24H19N. The summed E-state index contributed by atoms with van der Waals surface area (Å²) in [4.78, 5) is 4.86. The molecule has 1 heteroatoms. The van der Waals surface area contributed by atoms with E-state index in [0.29, 0.717) is 0 Å². The summed E-state index contributed by atoms with van der Waals surface area (Å²) < 4.78 is 0. The van der Waals surface area contributed by atoms with E-state index in [9.17, 15) is 0 Å². The topological polar surface area (TPSA) is 12.9 Å². The molecule has 0 amide bonds. The maximum absolute atomic E-state index is 4.86. The van der Waals surface area contributed by atoms with Gasteiger partial charge in [-0.3, -0.25) is 0 Å². The first-order valence-corrected chi connectivity index (χ1v) is 8.75. The van der Waals surface area contributed by atoms with E-state index >= 15 is 0 Å². The van der Waals surface area contributed by atoms with Gasteiger partial charge in [0, 0.05) is 16.4 Å². The number of aromatic nitrogens is 1. The molecule has 0 N–H and O–H groups in total. The Kier molecular flexibility index (Phi) is 2.90. The molecule has 1 aliphatic carbocycles. The monoisotopic (exact) mass is 321 g/mol. The first-order valence-electron chi connectivity index (χ1n) is 8.75. The van der Waals surface area contributed by atoms with E-state index in [4.69, 9.17) is 4.98 Å². The highest BCUT2D eigenvalue weighted by Gasteiger charge is 2.35. The fourth-order valence-electron chi connectivity index (χ4n) is 4.11. The molecule has 0 unspecified atom stereocenters. The molecule has 0 atom stereocenters. The van der Waals surface area contributed by atoms with E-state index in [-0.39, 0.29) is 5.41 Å². The number of pyridine rings is 1. The van der Waals surface area contributed by atoms with E-state index in [1.807, 2.05) is 6.07 Å². The zero-order chi connectivity index (χ0) is 17.0. The van der Waals surface area contributed by atoms with Crippen molar-refractivity contribution >= 4 is 10.9 Å². The van der Waals surface area contributed by atoms with E-state index in [1.165, 1.54) is 33.2 Å². The number of fused-ring (bicyclic) bond motifs is 4. The van der Waals surface area contributed by atoms with Gasteiger partial charge in [0.15, 0.2) is 0 Å². The quantitative estimate of drug-likeness (QED) is 0.406. The van der Waals surface area contributed by atoms with Gasteiger partial charge < -0.3 is 0 Å². The summed E-state index contributed by atoms with van der Waals surface area (Å²) in [7, 11) is 0. The van der Waals surface area contributed by atoms with Gasteiger partial charge >= 0.3 is 0 Å². The summed E-state index contributed by atoms with van der Waals surface area (Å²) in [6, 6.07) is 28.1. The van der Waals surface area contributed by atoms with Crippen molar-refractivity contribution in [2.24, 2.45) is 0 Å². The largest absolute Gasteiger partial charge is 0.248 e. The second kappa shape index (κ2) is 5.03. The zero-order valence-corrected chi connectivity index (χ0v) is 14.5. The minimum absolute atomic E-state index is 0.0568. The van der Waals surface area contributed by atoms with Crippen LogP contribution in [0.25, 0.3) is 33.3 Å². The number of hydrogen-bond donors (Lipinski definition) is 0. The van der Waals surface area contributed by atoms with Gasteiger partial charge in [-0.1, -0.05) is 74.5 Å². The van der Waals surface area contributed by atoms with Crippen molar-refractivity contribution in [1.29, 1.82) is 0 Å². The molecule has 1 aromatic heterocycles. The fourth-order valence-corrected chi connectivity index (χ4v) is 4.11. The van der Waals surface area contributed by atoms with Gasteiger partial charge in [0.2, 0.25) is 0 Å². The Morgan fingerprint density at radius 1 is 0.680 bits per heavy atom. The summed E-state index contributed by atoms with van der Waals surface area (Å²) in [5, 5.41) is 1.18. The summed E-state index contributed by atoms with van der Waals surface area (Å²) in [5.74, 6) is 0. The molecule has 0 saturated heterocycles. The normalized spacial score (nSPS) is 14.3. The molecule has 1 aliphatic rings. The molecular weight excluding hydrogens is 302 g/mol. The molecule has 0 bridgehead atoms. The number of para-hydroxylation sites is 1. The SMILES string of the molecule is CC1(C)c2ccccc2-c2cc(-c3ccc4ccccc4n3)ccc21. The lowest BCUT2D eigenvalue weighted by Crippen LogP contribution is -2.14. The molecule has 0 saturated carbocycles. The fraction of sp³-hybridized carbons (Fsp3) is 0.125. The van der Waals surface area contributed by atoms with Gasteiger partial charge in [0.05, 0.1) is 11.2 Å². The van der Waals surface area contributed by atoms with Gasteiger partial charge in [-0.15, -0.1) is 0 Å². The third kappa shape index (κ3) is 2.05. The van der Waals surface area contributed by atoms with Crippen molar-refractivity contribution < 1.29 is 0 Å². The molecule has 5 rings (SSSR count). The lowest BCUT2D eigenvalue weighted by molar-refractivity contribution is 0.660. The smallest absolute Gasteiger partial charge is 0.0709 e. The van der Waals surface area contributed by atoms with Crippen molar-refractivity contribution in [1.82, 2.24) is 4.98 Å². The summed E-state index contributed by atoms with van der Waals surface area (Å²) in [6.07, 6.45) is 0. The second-order valence-electron chi connectivity index (χ2n) is 7.32. The Morgan fingerprint density at radius 3 is 2.36 bits per heavy atom. The number of rotatable bonds is 1. The zero-order valence-electron chi connectivity index (χ0n) is 14.5. The van der Waals surface area contributed by atoms with Gasteiger partial charge in [-0.2, -0.15) is 0 Å². The van der Waals surface area contributed by atoms with Crippen molar-refractivity contribution in [2.75, 3.05) is 0 Å². The number of benzene rings is 3. The van der Waals surface area contributed by atoms with Crippen LogP contribution in [0.2, 0.25) is 0 Å². The number of hydrogen-bond acceptors (Lipinski definition) is 1. The van der Waals surface area contributed by atoms with E-state index < -0.39 is 0 Å². The maximum Gasteiger partial charge on any atom is 0.0709 e.